The maximum atomic E-state index is 11.9. The van der Waals surface area contributed by atoms with Crippen molar-refractivity contribution in [3.8, 4) is 11.5 Å². The average molecular weight is 270 g/mol. The lowest BCUT2D eigenvalue weighted by Crippen LogP contribution is -2.17. The van der Waals surface area contributed by atoms with Gasteiger partial charge in [-0.1, -0.05) is 0 Å². The van der Waals surface area contributed by atoms with Crippen LogP contribution in [0.15, 0.2) is 12.1 Å². The fourth-order valence-electron chi connectivity index (χ4n) is 1.10. The van der Waals surface area contributed by atoms with E-state index >= 15 is 0 Å². The second-order valence-electron chi connectivity index (χ2n) is 3.01. The molecule has 8 heteroatoms. The first kappa shape index (κ1) is 13.4. The number of ketones is 1. The van der Waals surface area contributed by atoms with Gasteiger partial charge in [-0.15, -0.1) is 24.8 Å². The highest BCUT2D eigenvalue weighted by atomic mass is 35.5. The van der Waals surface area contributed by atoms with Gasteiger partial charge in [-0.2, -0.15) is 0 Å². The molecular weight excluding hydrogens is 263 g/mol. The van der Waals surface area contributed by atoms with E-state index in [9.17, 15) is 23.1 Å². The molecule has 0 aliphatic carbocycles. The van der Waals surface area contributed by atoms with Crippen molar-refractivity contribution in [2.24, 2.45) is 0 Å². The molecule has 1 rings (SSSR count). The van der Waals surface area contributed by atoms with Crippen LogP contribution < -0.4 is 10.5 Å². The van der Waals surface area contributed by atoms with Crippen LogP contribution in [0.5, 0.6) is 11.5 Å². The molecule has 0 bridgehead atoms. The van der Waals surface area contributed by atoms with Crippen molar-refractivity contribution in [3.05, 3.63) is 17.7 Å². The normalized spacial score (nSPS) is 11.3. The van der Waals surface area contributed by atoms with Gasteiger partial charge in [0.15, 0.2) is 17.3 Å². The van der Waals surface area contributed by atoms with Gasteiger partial charge in [0.1, 0.15) is 0 Å². The molecule has 0 saturated heterocycles. The van der Waals surface area contributed by atoms with Gasteiger partial charge in [0.05, 0.1) is 5.88 Å². The lowest BCUT2D eigenvalue weighted by molar-refractivity contribution is -0.275. The lowest BCUT2D eigenvalue weighted by atomic mass is 10.1. The van der Waals surface area contributed by atoms with Crippen LogP contribution in [0.4, 0.5) is 18.9 Å². The lowest BCUT2D eigenvalue weighted by Gasteiger charge is -2.12. The number of alkyl halides is 4. The third-order valence-corrected chi connectivity index (χ3v) is 2.02. The summed E-state index contributed by atoms with van der Waals surface area (Å²) in [7, 11) is 0. The first-order chi connectivity index (χ1) is 7.74. The summed E-state index contributed by atoms with van der Waals surface area (Å²) in [5.74, 6) is -2.73. The first-order valence-electron chi connectivity index (χ1n) is 4.22. The molecule has 0 aromatic heterocycles. The van der Waals surface area contributed by atoms with Gasteiger partial charge in [-0.3, -0.25) is 4.79 Å². The number of phenolic OH excluding ortho intramolecular Hbond substituents is 1. The summed E-state index contributed by atoms with van der Waals surface area (Å²) in [5.41, 5.74) is 4.93. The maximum Gasteiger partial charge on any atom is 0.573 e. The number of hydrogen-bond acceptors (Lipinski definition) is 4. The van der Waals surface area contributed by atoms with Crippen LogP contribution in [0.2, 0.25) is 0 Å². The average Bonchev–Trinajstić information content (AvgIpc) is 2.20. The van der Waals surface area contributed by atoms with Gasteiger partial charge in [-0.05, 0) is 6.07 Å². The van der Waals surface area contributed by atoms with Crippen molar-refractivity contribution in [1.82, 2.24) is 0 Å². The molecule has 3 N–H and O–H groups in total. The van der Waals surface area contributed by atoms with Crippen molar-refractivity contribution in [2.75, 3.05) is 11.6 Å². The molecule has 0 spiro atoms. The standard InChI is InChI=1S/C9H7ClF3NO3/c10-3-7(16)4-1-6(15)8(2-5(4)14)17-9(11,12)13/h1-2,15H,3,14H2. The predicted molar refractivity (Wildman–Crippen MR) is 54.3 cm³/mol. The molecule has 0 aliphatic rings. The highest BCUT2D eigenvalue weighted by Crippen LogP contribution is 2.35. The Kier molecular flexibility index (Phi) is 3.72. The number of nitrogen functional groups attached to an aromatic ring is 1. The molecule has 0 unspecified atom stereocenters. The number of carbonyl (C=O) groups excluding carboxylic acids is 1. The van der Waals surface area contributed by atoms with E-state index in [4.69, 9.17) is 17.3 Å². The van der Waals surface area contributed by atoms with Crippen molar-refractivity contribution in [1.29, 1.82) is 0 Å². The Labute approximate surface area is 98.7 Å². The molecule has 17 heavy (non-hydrogen) atoms. The van der Waals surface area contributed by atoms with Crippen LogP contribution in [-0.2, 0) is 0 Å². The molecule has 4 nitrogen and oxygen atoms in total. The van der Waals surface area contributed by atoms with Gasteiger partial charge in [0.2, 0.25) is 0 Å². The van der Waals surface area contributed by atoms with E-state index in [2.05, 4.69) is 4.74 Å². The van der Waals surface area contributed by atoms with E-state index in [1.807, 2.05) is 0 Å². The Morgan fingerprint density at radius 1 is 1.47 bits per heavy atom. The van der Waals surface area contributed by atoms with Gasteiger partial charge >= 0.3 is 6.36 Å². The molecule has 0 radical (unpaired) electrons. The van der Waals surface area contributed by atoms with Crippen LogP contribution in [0.25, 0.3) is 0 Å². The molecule has 94 valence electrons. The number of hydrogen-bond donors (Lipinski definition) is 2. The summed E-state index contributed by atoms with van der Waals surface area (Å²) < 4.78 is 39.3. The zero-order valence-electron chi connectivity index (χ0n) is 8.21. The number of aromatic hydroxyl groups is 1. The minimum absolute atomic E-state index is 0.160. The smallest absolute Gasteiger partial charge is 0.504 e. The summed E-state index contributed by atoms with van der Waals surface area (Å²) in [6.07, 6.45) is -4.96. The number of phenols is 1. The van der Waals surface area contributed by atoms with Crippen LogP contribution in [-0.4, -0.2) is 23.1 Å². The van der Waals surface area contributed by atoms with E-state index < -0.39 is 29.5 Å². The summed E-state index contributed by atoms with van der Waals surface area (Å²) in [5, 5.41) is 9.25. The molecule has 0 amide bonds. The number of benzene rings is 1. The number of Topliss-reactive ketones (excluding diaryl/α,β-unsaturated/α-hetero) is 1. The summed E-state index contributed by atoms with van der Waals surface area (Å²) in [6, 6.07) is 1.49. The number of rotatable bonds is 3. The number of carbonyl (C=O) groups is 1. The van der Waals surface area contributed by atoms with E-state index in [-0.39, 0.29) is 11.3 Å². The Morgan fingerprint density at radius 3 is 2.53 bits per heavy atom. The van der Waals surface area contributed by atoms with Crippen LogP contribution >= 0.6 is 11.6 Å². The zero-order valence-corrected chi connectivity index (χ0v) is 8.97. The molecule has 0 fully saturated rings. The van der Waals surface area contributed by atoms with E-state index in [1.165, 1.54) is 0 Å². The summed E-state index contributed by atoms with van der Waals surface area (Å²) >= 11 is 5.26. The first-order valence-corrected chi connectivity index (χ1v) is 4.75. The van der Waals surface area contributed by atoms with Crippen molar-refractivity contribution in [3.63, 3.8) is 0 Å². The van der Waals surface area contributed by atoms with Gasteiger partial charge in [0, 0.05) is 17.3 Å². The van der Waals surface area contributed by atoms with Gasteiger partial charge < -0.3 is 15.6 Å². The third kappa shape index (κ3) is 3.42. The molecule has 0 heterocycles. The maximum absolute atomic E-state index is 11.9. The Morgan fingerprint density at radius 2 is 2.06 bits per heavy atom. The number of nitrogens with two attached hydrogens (primary N) is 1. The number of anilines is 1. The molecule has 0 aliphatic heterocycles. The largest absolute Gasteiger partial charge is 0.573 e. The Hall–Kier alpha value is -1.63. The molecule has 0 atom stereocenters. The SMILES string of the molecule is Nc1cc(OC(F)(F)F)c(O)cc1C(=O)CCl. The van der Waals surface area contributed by atoms with Crippen molar-refractivity contribution >= 4 is 23.1 Å². The van der Waals surface area contributed by atoms with Gasteiger partial charge in [-0.25, -0.2) is 0 Å². The van der Waals surface area contributed by atoms with Crippen molar-refractivity contribution < 1.29 is 27.8 Å². The topological polar surface area (TPSA) is 72.6 Å². The second-order valence-corrected chi connectivity index (χ2v) is 3.28. The summed E-state index contributed by atoms with van der Waals surface area (Å²) in [4.78, 5) is 11.2. The van der Waals surface area contributed by atoms with Crippen LogP contribution in [0, 0.1) is 0 Å². The van der Waals surface area contributed by atoms with E-state index in [0.717, 1.165) is 6.07 Å². The number of halogens is 4. The van der Waals surface area contributed by atoms with Crippen LogP contribution in [0.1, 0.15) is 10.4 Å². The quantitative estimate of drug-likeness (QED) is 0.382. The fraction of sp³-hybridized carbons (Fsp3) is 0.222. The third-order valence-electron chi connectivity index (χ3n) is 1.78. The highest BCUT2D eigenvalue weighted by Gasteiger charge is 2.32. The van der Waals surface area contributed by atoms with Gasteiger partial charge in [0.25, 0.3) is 0 Å². The Bertz CT molecular complexity index is 448. The predicted octanol–water partition coefficient (Wildman–Crippen LogP) is 2.29. The molecular formula is C9H7ClF3NO3. The molecule has 1 aromatic carbocycles. The zero-order chi connectivity index (χ0) is 13.2. The monoisotopic (exact) mass is 269 g/mol. The van der Waals surface area contributed by atoms with E-state index in [1.54, 1.807) is 0 Å². The van der Waals surface area contributed by atoms with Crippen molar-refractivity contribution in [2.45, 2.75) is 6.36 Å². The van der Waals surface area contributed by atoms with E-state index in [0.29, 0.717) is 6.07 Å². The molecule has 0 saturated carbocycles. The Balaban J connectivity index is 3.14. The minimum Gasteiger partial charge on any atom is -0.504 e. The summed E-state index contributed by atoms with van der Waals surface area (Å²) in [6.45, 7) is 0. The fourth-order valence-corrected chi connectivity index (χ4v) is 1.25. The molecule has 1 aromatic rings. The van der Waals surface area contributed by atoms with Crippen LogP contribution in [0.3, 0.4) is 0 Å². The highest BCUT2D eigenvalue weighted by molar-refractivity contribution is 6.31. The minimum atomic E-state index is -4.96. The second kappa shape index (κ2) is 4.70. The number of ether oxygens (including phenoxy) is 1.